The smallest absolute Gasteiger partial charge is 0.220 e. The molecule has 0 heterocycles. The van der Waals surface area contributed by atoms with Crippen molar-refractivity contribution < 1.29 is 14.6 Å². The van der Waals surface area contributed by atoms with Gasteiger partial charge in [0, 0.05) is 13.0 Å². The van der Waals surface area contributed by atoms with E-state index >= 15 is 0 Å². The second kappa shape index (κ2) is 19.4. The van der Waals surface area contributed by atoms with E-state index in [-0.39, 0.29) is 11.7 Å². The van der Waals surface area contributed by atoms with Gasteiger partial charge in [0.05, 0.1) is 7.11 Å². The molecule has 0 aromatic heterocycles. The van der Waals surface area contributed by atoms with Crippen LogP contribution in [0.5, 0.6) is 11.5 Å². The van der Waals surface area contributed by atoms with Crippen molar-refractivity contribution in [3.05, 3.63) is 72.4 Å². The van der Waals surface area contributed by atoms with Crippen molar-refractivity contribution in [1.82, 2.24) is 5.32 Å². The summed E-state index contributed by atoms with van der Waals surface area (Å²) in [5, 5.41) is 12.5. The van der Waals surface area contributed by atoms with Crippen molar-refractivity contribution in [1.29, 1.82) is 0 Å². The molecule has 1 rings (SSSR count). The van der Waals surface area contributed by atoms with E-state index in [1.807, 2.05) is 0 Å². The molecule has 0 bridgehead atoms. The number of allylic oxidation sites excluding steroid dienone is 8. The van der Waals surface area contributed by atoms with E-state index in [9.17, 15) is 9.90 Å². The lowest BCUT2D eigenvalue weighted by Gasteiger charge is -2.19. The van der Waals surface area contributed by atoms with E-state index in [2.05, 4.69) is 74.7 Å². The molecule has 0 fully saturated rings. The number of nitrogens with one attached hydrogen (secondary N) is 1. The lowest BCUT2D eigenvalue weighted by molar-refractivity contribution is -0.121. The summed E-state index contributed by atoms with van der Waals surface area (Å²) in [5.74, 6) is 0.547. The van der Waals surface area contributed by atoms with Crippen LogP contribution in [0.3, 0.4) is 0 Å². The van der Waals surface area contributed by atoms with Crippen LogP contribution < -0.4 is 10.1 Å². The standard InChI is InChI=1S/C32H49NO3/c1-5-6-7-19-24-32(2,3)25-20-17-15-13-11-9-8-10-12-14-16-18-21-31(35)33-27-28-22-23-29(34)30(26-28)36-4/h8-9,12-15,20,22-23,25-26,34H,5-7,10-11,16-19,21,24,27H2,1-4H3,(H,33,35). The molecule has 1 aromatic rings. The summed E-state index contributed by atoms with van der Waals surface area (Å²) < 4.78 is 5.09. The molecule has 0 saturated heterocycles. The van der Waals surface area contributed by atoms with Crippen molar-refractivity contribution in [2.24, 2.45) is 5.41 Å². The predicted molar refractivity (Wildman–Crippen MR) is 153 cm³/mol. The third-order valence-electron chi connectivity index (χ3n) is 6.07. The summed E-state index contributed by atoms with van der Waals surface area (Å²) in [6.07, 6.45) is 29.6. The first-order chi connectivity index (χ1) is 17.4. The summed E-state index contributed by atoms with van der Waals surface area (Å²) in [4.78, 5) is 12.0. The van der Waals surface area contributed by atoms with Crippen molar-refractivity contribution in [3.63, 3.8) is 0 Å². The maximum atomic E-state index is 12.0. The Morgan fingerprint density at radius 2 is 1.61 bits per heavy atom. The maximum absolute atomic E-state index is 12.0. The Kier molecular flexibility index (Phi) is 16.9. The average molecular weight is 496 g/mol. The molecule has 0 atom stereocenters. The molecule has 200 valence electrons. The fraction of sp³-hybridized carbons (Fsp3) is 0.531. The summed E-state index contributed by atoms with van der Waals surface area (Å²) in [5.41, 5.74) is 1.20. The number of methoxy groups -OCH3 is 1. The fourth-order valence-electron chi connectivity index (χ4n) is 3.81. The number of unbranched alkanes of at least 4 members (excludes halogenated alkanes) is 4. The summed E-state index contributed by atoms with van der Waals surface area (Å²) in [7, 11) is 1.51. The molecule has 0 aliphatic rings. The normalized spacial score (nSPS) is 12.4. The molecule has 0 spiro atoms. The van der Waals surface area contributed by atoms with Crippen LogP contribution in [0, 0.1) is 5.41 Å². The van der Waals surface area contributed by atoms with E-state index in [0.717, 1.165) is 37.7 Å². The molecule has 0 aliphatic carbocycles. The van der Waals surface area contributed by atoms with Gasteiger partial charge in [0.1, 0.15) is 0 Å². The Hall–Kier alpha value is -2.75. The first-order valence-corrected chi connectivity index (χ1v) is 13.6. The molecule has 1 aromatic carbocycles. The number of carbonyl (C=O) groups is 1. The zero-order valence-electron chi connectivity index (χ0n) is 23.1. The lowest BCUT2D eigenvalue weighted by Crippen LogP contribution is -2.22. The Morgan fingerprint density at radius 1 is 0.944 bits per heavy atom. The molecule has 0 saturated carbocycles. The lowest BCUT2D eigenvalue weighted by atomic mass is 9.86. The number of carbonyl (C=O) groups excluding carboxylic acids is 1. The van der Waals surface area contributed by atoms with Crippen molar-refractivity contribution in [3.8, 4) is 11.5 Å². The third kappa shape index (κ3) is 16.0. The van der Waals surface area contributed by atoms with Crippen molar-refractivity contribution in [2.75, 3.05) is 7.11 Å². The van der Waals surface area contributed by atoms with Crippen LogP contribution in [-0.2, 0) is 11.3 Å². The minimum absolute atomic E-state index is 0.0347. The van der Waals surface area contributed by atoms with Crippen LogP contribution in [0.1, 0.15) is 97.0 Å². The van der Waals surface area contributed by atoms with Gasteiger partial charge in [-0.3, -0.25) is 4.79 Å². The number of benzene rings is 1. The summed E-state index contributed by atoms with van der Waals surface area (Å²) in [6, 6.07) is 5.08. The molecule has 4 nitrogen and oxygen atoms in total. The molecule has 2 N–H and O–H groups in total. The average Bonchev–Trinajstić information content (AvgIpc) is 2.86. The third-order valence-corrected chi connectivity index (χ3v) is 6.07. The van der Waals surface area contributed by atoms with Crippen molar-refractivity contribution in [2.45, 2.75) is 97.9 Å². The van der Waals surface area contributed by atoms with Gasteiger partial charge < -0.3 is 15.2 Å². The van der Waals surface area contributed by atoms with E-state index in [1.54, 1.807) is 18.2 Å². The predicted octanol–water partition coefficient (Wildman–Crippen LogP) is 8.58. The van der Waals surface area contributed by atoms with Gasteiger partial charge in [-0.15, -0.1) is 0 Å². The Labute approximate surface area is 220 Å². The second-order valence-corrected chi connectivity index (χ2v) is 10.00. The quantitative estimate of drug-likeness (QED) is 0.149. The van der Waals surface area contributed by atoms with Crippen LogP contribution in [0.15, 0.2) is 66.8 Å². The highest BCUT2D eigenvalue weighted by Crippen LogP contribution is 2.26. The van der Waals surface area contributed by atoms with Crippen LogP contribution in [0.25, 0.3) is 0 Å². The van der Waals surface area contributed by atoms with Gasteiger partial charge in [0.15, 0.2) is 11.5 Å². The first-order valence-electron chi connectivity index (χ1n) is 13.6. The Bertz CT molecular complexity index is 849. The van der Waals surface area contributed by atoms with Gasteiger partial charge in [-0.1, -0.05) is 101 Å². The van der Waals surface area contributed by atoms with Crippen LogP contribution in [-0.4, -0.2) is 18.1 Å². The fourth-order valence-corrected chi connectivity index (χ4v) is 3.81. The Morgan fingerprint density at radius 3 is 2.28 bits per heavy atom. The van der Waals surface area contributed by atoms with E-state index < -0.39 is 0 Å². The molecule has 0 unspecified atom stereocenters. The number of phenolic OH excluding ortho intramolecular Hbond substituents is 1. The first kappa shape index (κ1) is 31.3. The van der Waals surface area contributed by atoms with Crippen LogP contribution in [0.2, 0.25) is 0 Å². The van der Waals surface area contributed by atoms with E-state index in [4.69, 9.17) is 4.74 Å². The van der Waals surface area contributed by atoms with E-state index in [1.165, 1.54) is 39.2 Å². The Balaban J connectivity index is 2.07. The zero-order valence-corrected chi connectivity index (χ0v) is 23.1. The zero-order chi connectivity index (χ0) is 26.5. The maximum Gasteiger partial charge on any atom is 0.220 e. The molecule has 4 heteroatoms. The highest BCUT2D eigenvalue weighted by atomic mass is 16.5. The molecule has 0 radical (unpaired) electrons. The van der Waals surface area contributed by atoms with Crippen molar-refractivity contribution >= 4 is 5.91 Å². The summed E-state index contributed by atoms with van der Waals surface area (Å²) >= 11 is 0. The number of amides is 1. The largest absolute Gasteiger partial charge is 0.504 e. The van der Waals surface area contributed by atoms with Gasteiger partial charge in [0.25, 0.3) is 0 Å². The van der Waals surface area contributed by atoms with Crippen LogP contribution >= 0.6 is 0 Å². The number of hydrogen-bond donors (Lipinski definition) is 2. The number of phenols is 1. The highest BCUT2D eigenvalue weighted by Gasteiger charge is 2.12. The van der Waals surface area contributed by atoms with Gasteiger partial charge in [-0.25, -0.2) is 0 Å². The topological polar surface area (TPSA) is 58.6 Å². The minimum Gasteiger partial charge on any atom is -0.504 e. The van der Waals surface area contributed by atoms with Crippen LogP contribution in [0.4, 0.5) is 0 Å². The monoisotopic (exact) mass is 495 g/mol. The van der Waals surface area contributed by atoms with Gasteiger partial charge >= 0.3 is 0 Å². The van der Waals surface area contributed by atoms with E-state index in [0.29, 0.717) is 24.1 Å². The number of aromatic hydroxyl groups is 1. The molecule has 36 heavy (non-hydrogen) atoms. The molecule has 0 aliphatic heterocycles. The SMILES string of the molecule is CCCCCCC(C)(C)C=CCC=CCC=CCC=CCCCC(=O)NCc1ccc(O)c(OC)c1. The number of ether oxygens (including phenoxy) is 1. The second-order valence-electron chi connectivity index (χ2n) is 10.00. The number of hydrogen-bond acceptors (Lipinski definition) is 3. The van der Waals surface area contributed by atoms with Gasteiger partial charge in [-0.05, 0) is 61.6 Å². The van der Waals surface area contributed by atoms with Gasteiger partial charge in [0.2, 0.25) is 5.91 Å². The molecular formula is C32H49NO3. The molecule has 1 amide bonds. The minimum atomic E-state index is 0.0347. The highest BCUT2D eigenvalue weighted by molar-refractivity contribution is 5.75. The number of rotatable bonds is 19. The molecular weight excluding hydrogens is 446 g/mol. The summed E-state index contributed by atoms with van der Waals surface area (Å²) in [6.45, 7) is 7.36. The van der Waals surface area contributed by atoms with Gasteiger partial charge in [-0.2, -0.15) is 0 Å².